The summed E-state index contributed by atoms with van der Waals surface area (Å²) >= 11 is 2.97. The van der Waals surface area contributed by atoms with Crippen molar-refractivity contribution in [3.63, 3.8) is 0 Å². The van der Waals surface area contributed by atoms with Crippen molar-refractivity contribution in [1.82, 2.24) is 19.7 Å². The SMILES string of the molecule is CCCCC(NS(=O)(=O)c1c(Br)nnn1C)C(=O)O. The third kappa shape index (κ3) is 3.98. The van der Waals surface area contributed by atoms with E-state index in [4.69, 9.17) is 5.11 Å². The summed E-state index contributed by atoms with van der Waals surface area (Å²) in [6, 6.07) is -1.16. The molecule has 0 saturated carbocycles. The maximum absolute atomic E-state index is 12.1. The Hall–Kier alpha value is -1.00. The number of nitrogens with one attached hydrogen (secondary N) is 1. The summed E-state index contributed by atoms with van der Waals surface area (Å²) in [4.78, 5) is 11.0. The Morgan fingerprint density at radius 2 is 2.21 bits per heavy atom. The first-order valence-corrected chi connectivity index (χ1v) is 7.87. The van der Waals surface area contributed by atoms with E-state index in [9.17, 15) is 13.2 Å². The second kappa shape index (κ2) is 6.44. The quantitative estimate of drug-likeness (QED) is 0.736. The van der Waals surface area contributed by atoms with Gasteiger partial charge in [0.15, 0.2) is 4.60 Å². The van der Waals surface area contributed by atoms with Gasteiger partial charge >= 0.3 is 5.97 Å². The molecule has 8 nitrogen and oxygen atoms in total. The molecular weight excluding hydrogens is 340 g/mol. The van der Waals surface area contributed by atoms with E-state index < -0.39 is 22.0 Å². The van der Waals surface area contributed by atoms with E-state index in [1.165, 1.54) is 7.05 Å². The van der Waals surface area contributed by atoms with Crippen molar-refractivity contribution in [2.24, 2.45) is 7.05 Å². The number of aromatic nitrogens is 3. The van der Waals surface area contributed by atoms with Crippen molar-refractivity contribution in [2.45, 2.75) is 37.3 Å². The fourth-order valence-electron chi connectivity index (χ4n) is 1.49. The summed E-state index contributed by atoms with van der Waals surface area (Å²) in [5.41, 5.74) is 0. The van der Waals surface area contributed by atoms with Gasteiger partial charge in [-0.25, -0.2) is 13.1 Å². The summed E-state index contributed by atoms with van der Waals surface area (Å²) in [5.74, 6) is -1.21. The van der Waals surface area contributed by atoms with Crippen LogP contribution in [0.5, 0.6) is 0 Å². The highest BCUT2D eigenvalue weighted by molar-refractivity contribution is 9.10. The molecule has 10 heteroatoms. The van der Waals surface area contributed by atoms with Gasteiger partial charge in [-0.15, -0.1) is 5.10 Å². The van der Waals surface area contributed by atoms with Gasteiger partial charge in [-0.1, -0.05) is 25.0 Å². The molecule has 1 heterocycles. The Balaban J connectivity index is 2.98. The predicted molar refractivity (Wildman–Crippen MR) is 70.0 cm³/mol. The van der Waals surface area contributed by atoms with Gasteiger partial charge in [-0.05, 0) is 22.4 Å². The lowest BCUT2D eigenvalue weighted by Gasteiger charge is -2.14. The standard InChI is InChI=1S/C9H15BrN4O4S/c1-3-4-5-6(9(15)16)12-19(17,18)8-7(10)11-13-14(8)2/h6,12H,3-5H2,1-2H3,(H,15,16). The first kappa shape index (κ1) is 16.1. The monoisotopic (exact) mass is 354 g/mol. The van der Waals surface area contributed by atoms with Gasteiger partial charge < -0.3 is 5.11 Å². The number of unbranched alkanes of at least 4 members (excludes halogenated alkanes) is 1. The first-order valence-electron chi connectivity index (χ1n) is 5.60. The number of carboxylic acids is 1. The minimum Gasteiger partial charge on any atom is -0.480 e. The molecule has 0 spiro atoms. The van der Waals surface area contributed by atoms with E-state index in [0.29, 0.717) is 6.42 Å². The highest BCUT2D eigenvalue weighted by Crippen LogP contribution is 2.18. The number of hydrogen-bond acceptors (Lipinski definition) is 5. The molecule has 1 aromatic rings. The number of rotatable bonds is 7. The van der Waals surface area contributed by atoms with Gasteiger partial charge in [0, 0.05) is 7.05 Å². The molecule has 0 bridgehead atoms. The lowest BCUT2D eigenvalue weighted by atomic mass is 10.1. The van der Waals surface area contributed by atoms with Crippen LogP contribution < -0.4 is 4.72 Å². The van der Waals surface area contributed by atoms with Crippen LogP contribution >= 0.6 is 15.9 Å². The van der Waals surface area contributed by atoms with Crippen LogP contribution in [0.2, 0.25) is 0 Å². The van der Waals surface area contributed by atoms with Crippen LogP contribution in [0, 0.1) is 0 Å². The molecule has 19 heavy (non-hydrogen) atoms. The van der Waals surface area contributed by atoms with Crippen LogP contribution in [-0.4, -0.2) is 40.5 Å². The number of hydrogen-bond donors (Lipinski definition) is 2. The van der Waals surface area contributed by atoms with Gasteiger partial charge in [0.1, 0.15) is 6.04 Å². The molecule has 1 aromatic heterocycles. The maximum Gasteiger partial charge on any atom is 0.321 e. The highest BCUT2D eigenvalue weighted by Gasteiger charge is 2.29. The van der Waals surface area contributed by atoms with Crippen LogP contribution in [0.3, 0.4) is 0 Å². The van der Waals surface area contributed by atoms with Crippen LogP contribution in [-0.2, 0) is 21.9 Å². The molecule has 0 aliphatic rings. The molecule has 108 valence electrons. The minimum atomic E-state index is -3.99. The fraction of sp³-hybridized carbons (Fsp3) is 0.667. The number of aliphatic carboxylic acids is 1. The summed E-state index contributed by atoms with van der Waals surface area (Å²) in [6.45, 7) is 1.90. The van der Waals surface area contributed by atoms with E-state index in [1.54, 1.807) is 0 Å². The minimum absolute atomic E-state index is 0.0436. The third-order valence-electron chi connectivity index (χ3n) is 2.43. The molecule has 0 fully saturated rings. The third-order valence-corrected chi connectivity index (χ3v) is 4.79. The van der Waals surface area contributed by atoms with E-state index in [1.807, 2.05) is 6.92 Å². The van der Waals surface area contributed by atoms with Gasteiger partial charge in [0.2, 0.25) is 5.03 Å². The zero-order valence-corrected chi connectivity index (χ0v) is 12.9. The smallest absolute Gasteiger partial charge is 0.321 e. The van der Waals surface area contributed by atoms with Gasteiger partial charge in [-0.2, -0.15) is 4.72 Å². The lowest BCUT2D eigenvalue weighted by Crippen LogP contribution is -2.41. The topological polar surface area (TPSA) is 114 Å². The highest BCUT2D eigenvalue weighted by atomic mass is 79.9. The Morgan fingerprint density at radius 1 is 1.58 bits per heavy atom. The fourth-order valence-corrected chi connectivity index (χ4v) is 3.81. The molecule has 0 amide bonds. The number of carbonyl (C=O) groups is 1. The van der Waals surface area contributed by atoms with Crippen molar-refractivity contribution in [1.29, 1.82) is 0 Å². The zero-order chi connectivity index (χ0) is 14.6. The Morgan fingerprint density at radius 3 is 2.63 bits per heavy atom. The zero-order valence-electron chi connectivity index (χ0n) is 10.5. The molecule has 0 aromatic carbocycles. The van der Waals surface area contributed by atoms with E-state index in [2.05, 4.69) is 31.0 Å². The summed E-state index contributed by atoms with van der Waals surface area (Å²) in [7, 11) is -2.58. The molecule has 0 aliphatic heterocycles. The van der Waals surface area contributed by atoms with Crippen molar-refractivity contribution in [3.05, 3.63) is 4.60 Å². The summed E-state index contributed by atoms with van der Waals surface area (Å²) in [6.07, 6.45) is 1.63. The van der Waals surface area contributed by atoms with E-state index in [0.717, 1.165) is 11.1 Å². The molecule has 1 atom stereocenters. The normalized spacial score (nSPS) is 13.4. The van der Waals surface area contributed by atoms with Gasteiger partial charge in [0.25, 0.3) is 10.0 Å². The maximum atomic E-state index is 12.1. The molecule has 1 rings (SSSR count). The molecule has 2 N–H and O–H groups in total. The van der Waals surface area contributed by atoms with E-state index in [-0.39, 0.29) is 16.0 Å². The number of sulfonamides is 1. The second-order valence-electron chi connectivity index (χ2n) is 3.96. The number of carboxylic acid groups (broad SMARTS) is 1. The molecular formula is C9H15BrN4O4S. The number of nitrogens with zero attached hydrogens (tertiary/aromatic N) is 3. The van der Waals surface area contributed by atoms with Crippen molar-refractivity contribution < 1.29 is 18.3 Å². The van der Waals surface area contributed by atoms with Crippen LogP contribution in [0.1, 0.15) is 26.2 Å². The van der Waals surface area contributed by atoms with Crippen molar-refractivity contribution in [3.8, 4) is 0 Å². The Labute approximate surface area is 119 Å². The average Bonchev–Trinajstić information content (AvgIpc) is 2.64. The average molecular weight is 355 g/mol. The first-order chi connectivity index (χ1) is 8.79. The number of aryl methyl sites for hydroxylation is 1. The van der Waals surface area contributed by atoms with Crippen LogP contribution in [0.25, 0.3) is 0 Å². The van der Waals surface area contributed by atoms with Crippen molar-refractivity contribution in [2.75, 3.05) is 0 Å². The molecule has 0 aliphatic carbocycles. The molecule has 1 unspecified atom stereocenters. The summed E-state index contributed by atoms with van der Waals surface area (Å²) < 4.78 is 27.5. The Bertz CT molecular complexity index is 537. The Kier molecular flexibility index (Phi) is 5.44. The van der Waals surface area contributed by atoms with Crippen molar-refractivity contribution >= 4 is 31.9 Å². The lowest BCUT2D eigenvalue weighted by molar-refractivity contribution is -0.139. The van der Waals surface area contributed by atoms with Crippen LogP contribution in [0.4, 0.5) is 0 Å². The predicted octanol–water partition coefficient (Wildman–Crippen LogP) is 0.499. The van der Waals surface area contributed by atoms with Gasteiger partial charge in [0.05, 0.1) is 0 Å². The number of halogens is 1. The van der Waals surface area contributed by atoms with Crippen LogP contribution in [0.15, 0.2) is 9.63 Å². The summed E-state index contributed by atoms with van der Waals surface area (Å²) in [5, 5.41) is 15.9. The second-order valence-corrected chi connectivity index (χ2v) is 6.34. The van der Waals surface area contributed by atoms with E-state index >= 15 is 0 Å². The van der Waals surface area contributed by atoms with Gasteiger partial charge in [-0.3, -0.25) is 4.79 Å². The molecule has 0 radical (unpaired) electrons. The largest absolute Gasteiger partial charge is 0.480 e. The molecule has 0 saturated heterocycles.